The molecule has 0 unspecified atom stereocenters. The van der Waals surface area contributed by atoms with Gasteiger partial charge in [0, 0.05) is 37.1 Å². The number of morpholine rings is 1. The summed E-state index contributed by atoms with van der Waals surface area (Å²) >= 11 is 0. The molecule has 6 rings (SSSR count). The van der Waals surface area contributed by atoms with Gasteiger partial charge in [0.25, 0.3) is 0 Å². The average Bonchev–Trinajstić information content (AvgIpc) is 3.46. The number of aromatic nitrogens is 1. The van der Waals surface area contributed by atoms with E-state index >= 15 is 0 Å². The Morgan fingerprint density at radius 1 is 0.903 bits per heavy atom. The fraction of sp³-hybridized carbons (Fsp3) is 0.400. The van der Waals surface area contributed by atoms with Gasteiger partial charge in [-0.3, -0.25) is 0 Å². The standard InChI is InChI=1S/C25H27N3O3/c1-2-18-11-20-12-21(15-26-14-17-4-5-23-24(10-17)31-16-30-23)25(28-6-8-29-9-7-28)27-22(20)13-19(18)3-1/h4-5,10-13,26H,1-3,6-9,14-16H2. The number of fused-ring (bicyclic) bond motifs is 3. The van der Waals surface area contributed by atoms with Crippen molar-refractivity contribution >= 4 is 16.7 Å². The summed E-state index contributed by atoms with van der Waals surface area (Å²) in [5.41, 5.74) is 6.51. The van der Waals surface area contributed by atoms with Gasteiger partial charge in [-0.1, -0.05) is 6.07 Å². The normalized spacial score (nSPS) is 17.4. The Balaban J connectivity index is 1.27. The summed E-state index contributed by atoms with van der Waals surface area (Å²) < 4.78 is 16.5. The largest absolute Gasteiger partial charge is 0.454 e. The molecule has 31 heavy (non-hydrogen) atoms. The zero-order valence-electron chi connectivity index (χ0n) is 17.7. The van der Waals surface area contributed by atoms with Crippen molar-refractivity contribution in [2.75, 3.05) is 38.0 Å². The number of anilines is 1. The molecule has 2 aliphatic heterocycles. The lowest BCUT2D eigenvalue weighted by molar-refractivity contribution is 0.122. The Labute approximate surface area is 182 Å². The smallest absolute Gasteiger partial charge is 0.231 e. The molecule has 1 saturated heterocycles. The van der Waals surface area contributed by atoms with Crippen LogP contribution in [0.5, 0.6) is 11.5 Å². The summed E-state index contributed by atoms with van der Waals surface area (Å²) in [6, 6.07) is 13.1. The molecular weight excluding hydrogens is 390 g/mol. The minimum Gasteiger partial charge on any atom is -0.454 e. The van der Waals surface area contributed by atoms with E-state index in [0.29, 0.717) is 6.79 Å². The molecular formula is C25H27N3O3. The van der Waals surface area contributed by atoms with Gasteiger partial charge in [0.2, 0.25) is 6.79 Å². The number of hydrogen-bond donors (Lipinski definition) is 1. The van der Waals surface area contributed by atoms with Crippen LogP contribution < -0.4 is 19.7 Å². The van der Waals surface area contributed by atoms with Crippen molar-refractivity contribution in [3.63, 3.8) is 0 Å². The number of nitrogens with one attached hydrogen (secondary N) is 1. The highest BCUT2D eigenvalue weighted by Gasteiger charge is 2.19. The Kier molecular flexibility index (Phi) is 4.89. The SMILES string of the molecule is c1cc2c(cc1CNCc1cc3cc4c(cc3nc1N1CCOCC1)CCC4)OCO2. The third-order valence-corrected chi connectivity index (χ3v) is 6.48. The Bertz CT molecular complexity index is 1120. The van der Waals surface area contributed by atoms with Crippen LogP contribution in [-0.2, 0) is 30.7 Å². The minimum atomic E-state index is 0.307. The molecule has 0 amide bonds. The van der Waals surface area contributed by atoms with Crippen molar-refractivity contribution in [3.05, 3.63) is 58.7 Å². The quantitative estimate of drug-likeness (QED) is 0.685. The molecule has 160 valence electrons. The molecule has 6 heteroatoms. The molecule has 3 heterocycles. The maximum atomic E-state index is 5.58. The van der Waals surface area contributed by atoms with E-state index in [-0.39, 0.29) is 0 Å². The highest BCUT2D eigenvalue weighted by Crippen LogP contribution is 2.33. The first-order chi connectivity index (χ1) is 15.3. The van der Waals surface area contributed by atoms with Crippen LogP contribution in [-0.4, -0.2) is 38.1 Å². The predicted molar refractivity (Wildman–Crippen MR) is 120 cm³/mol. The van der Waals surface area contributed by atoms with E-state index in [4.69, 9.17) is 19.2 Å². The van der Waals surface area contributed by atoms with E-state index in [1.54, 1.807) is 0 Å². The number of nitrogens with zero attached hydrogens (tertiary/aromatic N) is 2. The average molecular weight is 418 g/mol. The lowest BCUT2D eigenvalue weighted by Gasteiger charge is -2.30. The summed E-state index contributed by atoms with van der Waals surface area (Å²) in [7, 11) is 0. The highest BCUT2D eigenvalue weighted by molar-refractivity contribution is 5.84. The van der Waals surface area contributed by atoms with Gasteiger partial charge in [-0.25, -0.2) is 4.98 Å². The maximum Gasteiger partial charge on any atom is 0.231 e. The number of pyridine rings is 1. The number of benzene rings is 2. The number of hydrogen-bond acceptors (Lipinski definition) is 6. The van der Waals surface area contributed by atoms with Crippen molar-refractivity contribution in [3.8, 4) is 11.5 Å². The van der Waals surface area contributed by atoms with E-state index < -0.39 is 0 Å². The van der Waals surface area contributed by atoms with Crippen molar-refractivity contribution in [2.45, 2.75) is 32.4 Å². The molecule has 1 fully saturated rings. The molecule has 0 atom stereocenters. The molecule has 1 N–H and O–H groups in total. The molecule has 0 saturated carbocycles. The van der Waals surface area contributed by atoms with E-state index in [1.165, 1.54) is 46.9 Å². The van der Waals surface area contributed by atoms with Gasteiger partial charge in [0.15, 0.2) is 11.5 Å². The van der Waals surface area contributed by atoms with Crippen LogP contribution >= 0.6 is 0 Å². The molecule has 0 radical (unpaired) electrons. The summed E-state index contributed by atoms with van der Waals surface area (Å²) in [4.78, 5) is 7.51. The molecule has 6 nitrogen and oxygen atoms in total. The van der Waals surface area contributed by atoms with Crippen LogP contribution in [0.15, 0.2) is 36.4 Å². The lowest BCUT2D eigenvalue weighted by Crippen LogP contribution is -2.37. The van der Waals surface area contributed by atoms with Gasteiger partial charge < -0.3 is 24.4 Å². The Morgan fingerprint density at radius 3 is 2.65 bits per heavy atom. The van der Waals surface area contributed by atoms with Crippen LogP contribution in [0.1, 0.15) is 28.7 Å². The van der Waals surface area contributed by atoms with Gasteiger partial charge >= 0.3 is 0 Å². The van der Waals surface area contributed by atoms with E-state index in [9.17, 15) is 0 Å². The third-order valence-electron chi connectivity index (χ3n) is 6.48. The number of aryl methyl sites for hydroxylation is 2. The summed E-state index contributed by atoms with van der Waals surface area (Å²) in [5, 5.41) is 4.86. The number of ether oxygens (including phenoxy) is 3. The summed E-state index contributed by atoms with van der Waals surface area (Å²) in [5.74, 6) is 2.74. The van der Waals surface area contributed by atoms with Gasteiger partial charge in [-0.05, 0) is 66.3 Å². The fourth-order valence-corrected chi connectivity index (χ4v) is 4.85. The second kappa shape index (κ2) is 8.02. The van der Waals surface area contributed by atoms with Crippen molar-refractivity contribution in [1.82, 2.24) is 10.3 Å². The molecule has 3 aliphatic rings. The molecule has 2 aromatic carbocycles. The molecule has 0 bridgehead atoms. The van der Waals surface area contributed by atoms with Gasteiger partial charge in [0.1, 0.15) is 5.82 Å². The molecule has 0 spiro atoms. The zero-order chi connectivity index (χ0) is 20.6. The minimum absolute atomic E-state index is 0.307. The summed E-state index contributed by atoms with van der Waals surface area (Å²) in [6.07, 6.45) is 3.62. The Morgan fingerprint density at radius 2 is 1.74 bits per heavy atom. The van der Waals surface area contributed by atoms with Crippen molar-refractivity contribution in [1.29, 1.82) is 0 Å². The van der Waals surface area contributed by atoms with Gasteiger partial charge in [-0.2, -0.15) is 0 Å². The van der Waals surface area contributed by atoms with Crippen LogP contribution in [0.25, 0.3) is 10.9 Å². The monoisotopic (exact) mass is 417 g/mol. The highest BCUT2D eigenvalue weighted by atomic mass is 16.7. The maximum absolute atomic E-state index is 5.58. The van der Waals surface area contributed by atoms with Crippen LogP contribution in [0, 0.1) is 0 Å². The topological polar surface area (TPSA) is 55.9 Å². The first kappa shape index (κ1) is 18.9. The van der Waals surface area contributed by atoms with E-state index in [1.807, 2.05) is 6.07 Å². The van der Waals surface area contributed by atoms with Crippen molar-refractivity contribution < 1.29 is 14.2 Å². The zero-order valence-corrected chi connectivity index (χ0v) is 17.7. The number of rotatable bonds is 5. The molecule has 1 aromatic heterocycles. The van der Waals surface area contributed by atoms with Crippen LogP contribution in [0.2, 0.25) is 0 Å². The first-order valence-electron chi connectivity index (χ1n) is 11.2. The van der Waals surface area contributed by atoms with Crippen LogP contribution in [0.4, 0.5) is 5.82 Å². The van der Waals surface area contributed by atoms with E-state index in [2.05, 4.69) is 40.5 Å². The van der Waals surface area contributed by atoms with Crippen LogP contribution in [0.3, 0.4) is 0 Å². The van der Waals surface area contributed by atoms with Gasteiger partial charge in [-0.15, -0.1) is 0 Å². The second-order valence-corrected chi connectivity index (χ2v) is 8.53. The van der Waals surface area contributed by atoms with E-state index in [0.717, 1.165) is 62.2 Å². The Hall–Kier alpha value is -2.83. The molecule has 1 aliphatic carbocycles. The van der Waals surface area contributed by atoms with Crippen molar-refractivity contribution in [2.24, 2.45) is 0 Å². The lowest BCUT2D eigenvalue weighted by atomic mass is 10.0. The fourth-order valence-electron chi connectivity index (χ4n) is 4.85. The third kappa shape index (κ3) is 3.70. The first-order valence-corrected chi connectivity index (χ1v) is 11.2. The summed E-state index contributed by atoms with van der Waals surface area (Å²) in [6.45, 7) is 5.13. The predicted octanol–water partition coefficient (Wildman–Crippen LogP) is 3.58. The van der Waals surface area contributed by atoms with Gasteiger partial charge in [0.05, 0.1) is 18.7 Å². The molecule has 3 aromatic rings. The second-order valence-electron chi connectivity index (χ2n) is 8.53.